The Balaban J connectivity index is 1.66. The van der Waals surface area contributed by atoms with Crippen LogP contribution in [0.1, 0.15) is 35.9 Å². The molecule has 0 atom stereocenters. The minimum Gasteiger partial charge on any atom is -0.366 e. The Hall–Kier alpha value is -2.98. The van der Waals surface area contributed by atoms with E-state index < -0.39 is 0 Å². The number of aryl methyl sites for hydroxylation is 2. The molecule has 1 N–H and O–H groups in total. The van der Waals surface area contributed by atoms with Gasteiger partial charge >= 0.3 is 0 Å². The molecule has 0 saturated carbocycles. The number of nitrogens with zero attached hydrogens (tertiary/aromatic N) is 2. The van der Waals surface area contributed by atoms with E-state index in [2.05, 4.69) is 84.8 Å². The third-order valence-corrected chi connectivity index (χ3v) is 6.21. The molecule has 4 aromatic rings. The Morgan fingerprint density at radius 3 is 2.60 bits per heavy atom. The minimum absolute atomic E-state index is 0.756. The lowest BCUT2D eigenvalue weighted by Crippen LogP contribution is -2.01. The number of nitrogens with one attached hydrogen (secondary N) is 1. The van der Waals surface area contributed by atoms with Gasteiger partial charge in [0.2, 0.25) is 0 Å². The highest BCUT2D eigenvalue weighted by atomic mass is 32.1. The number of anilines is 1. The lowest BCUT2D eigenvalue weighted by atomic mass is 10.1. The van der Waals surface area contributed by atoms with Crippen LogP contribution >= 0.6 is 11.3 Å². The van der Waals surface area contributed by atoms with Gasteiger partial charge in [0, 0.05) is 18.3 Å². The predicted octanol–water partition coefficient (Wildman–Crippen LogP) is 7.14. The van der Waals surface area contributed by atoms with Crippen molar-refractivity contribution < 1.29 is 0 Å². The van der Waals surface area contributed by atoms with Gasteiger partial charge in [-0.2, -0.15) is 0 Å². The van der Waals surface area contributed by atoms with E-state index in [1.165, 1.54) is 39.4 Å². The normalized spacial score (nSPS) is 10.9. The minimum atomic E-state index is 0.756. The Labute approximate surface area is 182 Å². The van der Waals surface area contributed by atoms with Crippen LogP contribution in [0.25, 0.3) is 21.7 Å². The second kappa shape index (κ2) is 9.68. The molecule has 0 aliphatic heterocycles. The Kier molecular flexibility index (Phi) is 6.55. The van der Waals surface area contributed by atoms with Crippen LogP contribution in [0.5, 0.6) is 0 Å². The lowest BCUT2D eigenvalue weighted by Gasteiger charge is -2.08. The number of aromatic nitrogens is 2. The van der Waals surface area contributed by atoms with Crippen LogP contribution in [0.4, 0.5) is 5.82 Å². The van der Waals surface area contributed by atoms with E-state index in [4.69, 9.17) is 4.98 Å². The maximum Gasteiger partial charge on any atom is 0.126 e. The molecule has 30 heavy (non-hydrogen) atoms. The summed E-state index contributed by atoms with van der Waals surface area (Å²) in [7, 11) is 0. The van der Waals surface area contributed by atoms with Gasteiger partial charge in [-0.1, -0.05) is 67.4 Å². The Bertz CT molecular complexity index is 1100. The van der Waals surface area contributed by atoms with Crippen LogP contribution in [0.2, 0.25) is 0 Å². The summed E-state index contributed by atoms with van der Waals surface area (Å²) in [5.41, 5.74) is 5.92. The molecular formula is C26H27N3S. The van der Waals surface area contributed by atoms with Crippen molar-refractivity contribution >= 4 is 17.2 Å². The van der Waals surface area contributed by atoms with Crippen molar-refractivity contribution in [2.75, 3.05) is 5.32 Å². The highest BCUT2D eigenvalue weighted by Crippen LogP contribution is 2.38. The summed E-state index contributed by atoms with van der Waals surface area (Å²) in [6, 6.07) is 23.2. The smallest absolute Gasteiger partial charge is 0.126 e. The molecule has 0 unspecified atom stereocenters. The maximum absolute atomic E-state index is 5.04. The van der Waals surface area contributed by atoms with Gasteiger partial charge in [0.25, 0.3) is 0 Å². The average Bonchev–Trinajstić information content (AvgIpc) is 3.22. The first-order chi connectivity index (χ1) is 14.7. The van der Waals surface area contributed by atoms with Crippen molar-refractivity contribution in [3.63, 3.8) is 0 Å². The molecule has 152 valence electrons. The van der Waals surface area contributed by atoms with Gasteiger partial charge < -0.3 is 5.32 Å². The van der Waals surface area contributed by atoms with Gasteiger partial charge in [-0.3, -0.25) is 0 Å². The quantitative estimate of drug-likeness (QED) is 0.334. The molecule has 0 radical (unpaired) electrons. The fourth-order valence-electron chi connectivity index (χ4n) is 3.44. The van der Waals surface area contributed by atoms with Crippen LogP contribution in [0.15, 0.2) is 72.9 Å². The monoisotopic (exact) mass is 413 g/mol. The molecule has 0 saturated heterocycles. The molecule has 4 heteroatoms. The molecule has 0 spiro atoms. The molecule has 0 bridgehead atoms. The SMILES string of the molecule is CCCCc1nc(-c2cccc(C)c2)c(-c2ccnc(NCc3ccccc3)c2)s1. The summed E-state index contributed by atoms with van der Waals surface area (Å²) in [6.07, 6.45) is 5.26. The van der Waals surface area contributed by atoms with Crippen molar-refractivity contribution in [1.29, 1.82) is 0 Å². The number of thiazole rings is 1. The molecule has 3 nitrogen and oxygen atoms in total. The van der Waals surface area contributed by atoms with Gasteiger partial charge in [-0.15, -0.1) is 11.3 Å². The van der Waals surface area contributed by atoms with Gasteiger partial charge in [0.1, 0.15) is 5.82 Å². The summed E-state index contributed by atoms with van der Waals surface area (Å²) in [5, 5.41) is 4.66. The number of pyridine rings is 1. The predicted molar refractivity (Wildman–Crippen MR) is 128 cm³/mol. The molecule has 0 aliphatic carbocycles. The summed E-state index contributed by atoms with van der Waals surface area (Å²) < 4.78 is 0. The van der Waals surface area contributed by atoms with Crippen LogP contribution in [-0.4, -0.2) is 9.97 Å². The van der Waals surface area contributed by atoms with Gasteiger partial charge in [0.15, 0.2) is 0 Å². The molecule has 2 heterocycles. The second-order valence-electron chi connectivity index (χ2n) is 7.53. The maximum atomic E-state index is 5.04. The lowest BCUT2D eigenvalue weighted by molar-refractivity contribution is 0.790. The van der Waals surface area contributed by atoms with Crippen LogP contribution < -0.4 is 5.32 Å². The second-order valence-corrected chi connectivity index (χ2v) is 8.61. The van der Waals surface area contributed by atoms with Crippen LogP contribution in [0.3, 0.4) is 0 Å². The van der Waals surface area contributed by atoms with Crippen molar-refractivity contribution in [3.8, 4) is 21.7 Å². The fourth-order valence-corrected chi connectivity index (χ4v) is 4.56. The van der Waals surface area contributed by atoms with E-state index >= 15 is 0 Å². The highest BCUT2D eigenvalue weighted by molar-refractivity contribution is 7.15. The largest absolute Gasteiger partial charge is 0.366 e. The first kappa shape index (κ1) is 20.3. The topological polar surface area (TPSA) is 37.8 Å². The first-order valence-electron chi connectivity index (χ1n) is 10.5. The van der Waals surface area contributed by atoms with E-state index in [0.717, 1.165) is 30.0 Å². The van der Waals surface area contributed by atoms with E-state index in [1.54, 1.807) is 0 Å². The summed E-state index contributed by atoms with van der Waals surface area (Å²) in [4.78, 5) is 10.8. The molecular weight excluding hydrogens is 386 g/mol. The number of unbranched alkanes of at least 4 members (excludes halogenated alkanes) is 1. The molecule has 0 aliphatic rings. The van der Waals surface area contributed by atoms with E-state index in [-0.39, 0.29) is 0 Å². The molecule has 0 amide bonds. The zero-order valence-electron chi connectivity index (χ0n) is 17.6. The molecule has 0 fully saturated rings. The zero-order valence-corrected chi connectivity index (χ0v) is 18.4. The third kappa shape index (κ3) is 4.95. The zero-order chi connectivity index (χ0) is 20.8. The number of hydrogen-bond donors (Lipinski definition) is 1. The average molecular weight is 414 g/mol. The number of hydrogen-bond acceptors (Lipinski definition) is 4. The highest BCUT2D eigenvalue weighted by Gasteiger charge is 2.15. The summed E-state index contributed by atoms with van der Waals surface area (Å²) in [6.45, 7) is 5.11. The Morgan fingerprint density at radius 1 is 0.933 bits per heavy atom. The van der Waals surface area contributed by atoms with Crippen molar-refractivity contribution in [1.82, 2.24) is 9.97 Å². The van der Waals surface area contributed by atoms with Crippen molar-refractivity contribution in [3.05, 3.63) is 89.1 Å². The molecule has 2 aromatic carbocycles. The number of benzene rings is 2. The fraction of sp³-hybridized carbons (Fsp3) is 0.231. The van der Waals surface area contributed by atoms with Crippen LogP contribution in [-0.2, 0) is 13.0 Å². The van der Waals surface area contributed by atoms with Crippen molar-refractivity contribution in [2.24, 2.45) is 0 Å². The first-order valence-corrected chi connectivity index (χ1v) is 11.4. The molecule has 4 rings (SSSR count). The van der Waals surface area contributed by atoms with Crippen molar-refractivity contribution in [2.45, 2.75) is 39.7 Å². The molecule has 2 aromatic heterocycles. The summed E-state index contributed by atoms with van der Waals surface area (Å²) in [5.74, 6) is 0.884. The van der Waals surface area contributed by atoms with Gasteiger partial charge in [0.05, 0.1) is 15.6 Å². The van der Waals surface area contributed by atoms with E-state index in [0.29, 0.717) is 0 Å². The Morgan fingerprint density at radius 2 is 1.80 bits per heavy atom. The number of rotatable bonds is 8. The van der Waals surface area contributed by atoms with Gasteiger partial charge in [-0.25, -0.2) is 9.97 Å². The van der Waals surface area contributed by atoms with Gasteiger partial charge in [-0.05, 0) is 49.1 Å². The van der Waals surface area contributed by atoms with E-state index in [9.17, 15) is 0 Å². The summed E-state index contributed by atoms with van der Waals surface area (Å²) >= 11 is 1.81. The van der Waals surface area contributed by atoms with E-state index in [1.807, 2.05) is 23.6 Å². The van der Waals surface area contributed by atoms with Crippen LogP contribution in [0, 0.1) is 6.92 Å². The third-order valence-electron chi connectivity index (χ3n) is 5.05. The standard InChI is InChI=1S/C26H27N3S/c1-3-4-13-24-29-25(21-12-8-9-19(2)16-21)26(30-24)22-14-15-27-23(17-22)28-18-20-10-6-5-7-11-20/h5-12,14-17H,3-4,13,18H2,1-2H3,(H,27,28).